The maximum absolute atomic E-state index is 13.0. The zero-order valence-electron chi connectivity index (χ0n) is 18.5. The van der Waals surface area contributed by atoms with Crippen LogP contribution in [0.3, 0.4) is 0 Å². The van der Waals surface area contributed by atoms with E-state index in [4.69, 9.17) is 22.1 Å². The van der Waals surface area contributed by atoms with E-state index in [-0.39, 0.29) is 18.9 Å². The van der Waals surface area contributed by atoms with Crippen molar-refractivity contribution >= 4 is 34.6 Å². The summed E-state index contributed by atoms with van der Waals surface area (Å²) < 4.78 is 4.83. The summed E-state index contributed by atoms with van der Waals surface area (Å²) >= 11 is 0. The lowest BCUT2D eigenvalue weighted by atomic mass is 10.0. The number of nitrogens with zero attached hydrogens (tertiary/aromatic N) is 1. The van der Waals surface area contributed by atoms with E-state index in [0.29, 0.717) is 19.4 Å². The Balaban J connectivity index is 2.07. The van der Waals surface area contributed by atoms with E-state index in [1.54, 1.807) is 6.20 Å². The molecule has 0 bridgehead atoms. The van der Waals surface area contributed by atoms with Gasteiger partial charge in [0.1, 0.15) is 12.6 Å². The maximum atomic E-state index is 13.0. The second-order valence-electron chi connectivity index (χ2n) is 7.41. The molecule has 0 radical (unpaired) electrons. The third-order valence-corrected chi connectivity index (χ3v) is 5.03. The van der Waals surface area contributed by atoms with Gasteiger partial charge in [0, 0.05) is 36.6 Å². The number of H-pyrrole nitrogens is 1. The molecule has 12 heteroatoms. The van der Waals surface area contributed by atoms with Gasteiger partial charge in [0.2, 0.25) is 11.8 Å². The summed E-state index contributed by atoms with van der Waals surface area (Å²) in [7, 11) is 1.28. The number of nitrogens with two attached hydrogens (primary N) is 3. The normalized spacial score (nSPS) is 12.5. The van der Waals surface area contributed by atoms with E-state index in [1.807, 2.05) is 24.3 Å². The molecule has 0 aliphatic carbocycles. The summed E-state index contributed by atoms with van der Waals surface area (Å²) in [6, 6.07) is 6.71. The Bertz CT molecular complexity index is 971. The van der Waals surface area contributed by atoms with E-state index in [2.05, 4.69) is 25.4 Å². The van der Waals surface area contributed by atoms with Gasteiger partial charge in [-0.2, -0.15) is 0 Å². The highest BCUT2D eigenvalue weighted by Crippen LogP contribution is 2.19. The third kappa shape index (κ3) is 8.09. The van der Waals surface area contributed by atoms with Crippen molar-refractivity contribution in [3.05, 3.63) is 36.0 Å². The SMILES string of the molecule is COC(=O)[C@@H](CCCN=C(N)N)CNC(=O)[C@H](Cc1c[nH]c2ccccc12)NC(=O)CON. The molecule has 0 unspecified atom stereocenters. The number of nitrogens with one attached hydrogen (secondary N) is 3. The summed E-state index contributed by atoms with van der Waals surface area (Å²) in [4.78, 5) is 48.5. The van der Waals surface area contributed by atoms with Crippen molar-refractivity contribution in [2.75, 3.05) is 26.8 Å². The zero-order valence-corrected chi connectivity index (χ0v) is 18.5. The number of amides is 2. The molecule has 0 saturated carbocycles. The number of rotatable bonds is 13. The average molecular weight is 462 g/mol. The number of esters is 1. The van der Waals surface area contributed by atoms with Crippen molar-refractivity contribution in [3.8, 4) is 0 Å². The molecule has 2 atom stereocenters. The van der Waals surface area contributed by atoms with Gasteiger partial charge in [-0.1, -0.05) is 18.2 Å². The molecule has 0 aliphatic heterocycles. The van der Waals surface area contributed by atoms with Crippen molar-refractivity contribution in [2.24, 2.45) is 28.3 Å². The minimum absolute atomic E-state index is 0.0287. The predicted octanol–water partition coefficient (Wildman–Crippen LogP) is -0.955. The van der Waals surface area contributed by atoms with Gasteiger partial charge in [0.25, 0.3) is 0 Å². The Hall–Kier alpha value is -3.64. The van der Waals surface area contributed by atoms with Crippen LogP contribution in [0, 0.1) is 5.92 Å². The van der Waals surface area contributed by atoms with Gasteiger partial charge >= 0.3 is 5.97 Å². The molecule has 0 saturated heterocycles. The van der Waals surface area contributed by atoms with E-state index in [1.165, 1.54) is 7.11 Å². The van der Waals surface area contributed by atoms with Crippen molar-refractivity contribution in [1.29, 1.82) is 0 Å². The Kier molecular flexibility index (Phi) is 10.1. The number of carbonyl (C=O) groups is 3. The zero-order chi connectivity index (χ0) is 24.2. The summed E-state index contributed by atoms with van der Waals surface area (Å²) in [5.74, 6) is 2.89. The van der Waals surface area contributed by atoms with Crippen LogP contribution in [0.2, 0.25) is 0 Å². The van der Waals surface area contributed by atoms with Crippen LogP contribution in [0.5, 0.6) is 0 Å². The molecule has 0 aliphatic rings. The van der Waals surface area contributed by atoms with Gasteiger partial charge < -0.3 is 31.8 Å². The van der Waals surface area contributed by atoms with Crippen molar-refractivity contribution < 1.29 is 24.0 Å². The van der Waals surface area contributed by atoms with Crippen LogP contribution in [0.4, 0.5) is 0 Å². The van der Waals surface area contributed by atoms with Gasteiger partial charge in [-0.25, -0.2) is 5.90 Å². The number of methoxy groups -OCH3 is 1. The predicted molar refractivity (Wildman–Crippen MR) is 122 cm³/mol. The van der Waals surface area contributed by atoms with Crippen LogP contribution in [-0.4, -0.2) is 61.6 Å². The Morgan fingerprint density at radius 1 is 1.21 bits per heavy atom. The molecular formula is C21H31N7O5. The Morgan fingerprint density at radius 2 is 1.97 bits per heavy atom. The lowest BCUT2D eigenvalue weighted by Crippen LogP contribution is -2.50. The molecule has 1 heterocycles. The number of aliphatic imine (C=N–C) groups is 1. The number of ether oxygens (including phenoxy) is 1. The van der Waals surface area contributed by atoms with E-state index >= 15 is 0 Å². The maximum Gasteiger partial charge on any atom is 0.310 e. The minimum Gasteiger partial charge on any atom is -0.469 e. The molecule has 0 fully saturated rings. The smallest absolute Gasteiger partial charge is 0.310 e. The lowest BCUT2D eigenvalue weighted by molar-refractivity contribution is -0.145. The van der Waals surface area contributed by atoms with Crippen LogP contribution >= 0.6 is 0 Å². The molecule has 1 aromatic heterocycles. The molecule has 9 N–H and O–H groups in total. The first-order chi connectivity index (χ1) is 15.8. The van der Waals surface area contributed by atoms with Gasteiger partial charge in [0.05, 0.1) is 13.0 Å². The van der Waals surface area contributed by atoms with Gasteiger partial charge in [-0.3, -0.25) is 24.2 Å². The van der Waals surface area contributed by atoms with Gasteiger partial charge in [-0.15, -0.1) is 0 Å². The highest BCUT2D eigenvalue weighted by atomic mass is 16.6. The van der Waals surface area contributed by atoms with E-state index in [9.17, 15) is 14.4 Å². The lowest BCUT2D eigenvalue weighted by Gasteiger charge is -2.20. The van der Waals surface area contributed by atoms with Crippen molar-refractivity contribution in [3.63, 3.8) is 0 Å². The first kappa shape index (κ1) is 25.6. The molecule has 0 spiro atoms. The fourth-order valence-electron chi connectivity index (χ4n) is 3.40. The molecule has 12 nitrogen and oxygen atoms in total. The Labute approximate surface area is 191 Å². The summed E-state index contributed by atoms with van der Waals surface area (Å²) in [5, 5.41) is 6.29. The highest BCUT2D eigenvalue weighted by molar-refractivity contribution is 5.90. The molecule has 2 aromatic rings. The molecule has 2 rings (SSSR count). The first-order valence-corrected chi connectivity index (χ1v) is 10.4. The summed E-state index contributed by atoms with van der Waals surface area (Å²) in [6.45, 7) is -0.0175. The third-order valence-electron chi connectivity index (χ3n) is 5.03. The Morgan fingerprint density at radius 3 is 2.67 bits per heavy atom. The minimum atomic E-state index is -0.910. The molecule has 1 aromatic carbocycles. The molecule has 180 valence electrons. The number of guanidine groups is 1. The topological polar surface area (TPSA) is 200 Å². The van der Waals surface area contributed by atoms with Gasteiger partial charge in [0.15, 0.2) is 5.96 Å². The summed E-state index contributed by atoms with van der Waals surface area (Å²) in [5.41, 5.74) is 12.4. The van der Waals surface area contributed by atoms with Crippen LogP contribution in [0.25, 0.3) is 10.9 Å². The standard InChI is InChI=1S/C21H31N7O5/c1-32-20(31)13(5-4-8-25-21(22)23)10-27-19(30)17(28-18(29)12-33-24)9-14-11-26-16-7-3-2-6-15(14)16/h2-3,6-7,11,13,17,26H,4-5,8-10,12,24H2,1H3,(H,27,30)(H,28,29)(H4,22,23,25)/t13-,17-/m0/s1. The number of carbonyl (C=O) groups excluding carboxylic acids is 3. The number of para-hydroxylation sites is 1. The van der Waals surface area contributed by atoms with E-state index < -0.39 is 36.4 Å². The molecule has 2 amide bonds. The number of benzene rings is 1. The number of aromatic amines is 1. The van der Waals surface area contributed by atoms with Crippen LogP contribution in [-0.2, 0) is 30.4 Å². The summed E-state index contributed by atoms with van der Waals surface area (Å²) in [6.07, 6.45) is 2.94. The number of aromatic nitrogens is 1. The quantitative estimate of drug-likeness (QED) is 0.0720. The second-order valence-corrected chi connectivity index (χ2v) is 7.41. The fraction of sp³-hybridized carbons (Fsp3) is 0.429. The largest absolute Gasteiger partial charge is 0.469 e. The second kappa shape index (κ2) is 13.0. The number of hydrogen-bond donors (Lipinski definition) is 6. The van der Waals surface area contributed by atoms with Crippen molar-refractivity contribution in [2.45, 2.75) is 25.3 Å². The van der Waals surface area contributed by atoms with E-state index in [0.717, 1.165) is 16.5 Å². The van der Waals surface area contributed by atoms with Crippen LogP contribution in [0.1, 0.15) is 18.4 Å². The molecule has 33 heavy (non-hydrogen) atoms. The fourth-order valence-corrected chi connectivity index (χ4v) is 3.40. The first-order valence-electron chi connectivity index (χ1n) is 10.4. The monoisotopic (exact) mass is 461 g/mol. The highest BCUT2D eigenvalue weighted by Gasteiger charge is 2.25. The number of fused-ring (bicyclic) bond motifs is 1. The average Bonchev–Trinajstić information content (AvgIpc) is 3.20. The van der Waals surface area contributed by atoms with Crippen LogP contribution < -0.4 is 28.0 Å². The van der Waals surface area contributed by atoms with Crippen LogP contribution in [0.15, 0.2) is 35.5 Å². The number of hydrogen-bond acceptors (Lipinski definition) is 7. The molecular weight excluding hydrogens is 430 g/mol. The van der Waals surface area contributed by atoms with Gasteiger partial charge in [-0.05, 0) is 24.5 Å². The van der Waals surface area contributed by atoms with Crippen molar-refractivity contribution in [1.82, 2.24) is 15.6 Å².